The lowest BCUT2D eigenvalue weighted by molar-refractivity contribution is 0.933. The molecule has 0 N–H and O–H groups in total. The van der Waals surface area contributed by atoms with Crippen molar-refractivity contribution in [3.63, 3.8) is 0 Å². The Kier molecular flexibility index (Phi) is 4.35. The van der Waals surface area contributed by atoms with Crippen molar-refractivity contribution < 1.29 is 0 Å². The van der Waals surface area contributed by atoms with E-state index in [1.807, 2.05) is 35.9 Å². The third kappa shape index (κ3) is 2.96. The topological polar surface area (TPSA) is 30.7 Å². The second-order valence-corrected chi connectivity index (χ2v) is 6.68. The highest BCUT2D eigenvalue weighted by molar-refractivity contribution is 14.1. The minimum Gasteiger partial charge on any atom is -0.285 e. The van der Waals surface area contributed by atoms with Gasteiger partial charge in [-0.15, -0.1) is 0 Å². The van der Waals surface area contributed by atoms with Gasteiger partial charge in [-0.2, -0.15) is 0 Å². The Bertz CT molecular complexity index is 888. The lowest BCUT2D eigenvalue weighted by Gasteiger charge is -2.17. The summed E-state index contributed by atoms with van der Waals surface area (Å²) in [5.41, 5.74) is 5.16. The van der Waals surface area contributed by atoms with Gasteiger partial charge in [0.25, 0.3) is 0 Å². The van der Waals surface area contributed by atoms with E-state index in [1.165, 1.54) is 0 Å². The summed E-state index contributed by atoms with van der Waals surface area (Å²) >= 11 is 7.85. The van der Waals surface area contributed by atoms with Crippen molar-refractivity contribution in [1.82, 2.24) is 14.5 Å². The zero-order valence-electron chi connectivity index (χ0n) is 12.2. The number of nitrogens with zero attached hydrogens (tertiary/aromatic N) is 3. The van der Waals surface area contributed by atoms with Gasteiger partial charge in [0.05, 0.1) is 11.4 Å². The van der Waals surface area contributed by atoms with Crippen molar-refractivity contribution in [2.75, 3.05) is 0 Å². The standard InChI is InChI=1S/C17H14IN3S/c1-11-5-6-14(18)9-15(11)21-16(8-12(2)20-17(21)22)13-4-3-7-19-10-13/h3-10H,1-2H3. The fourth-order valence-electron chi connectivity index (χ4n) is 2.38. The molecule has 0 fully saturated rings. The Morgan fingerprint density at radius 3 is 2.68 bits per heavy atom. The van der Waals surface area contributed by atoms with E-state index in [2.05, 4.69) is 57.7 Å². The number of aromatic nitrogens is 3. The van der Waals surface area contributed by atoms with Crippen LogP contribution in [0.1, 0.15) is 11.3 Å². The van der Waals surface area contributed by atoms with Crippen molar-refractivity contribution in [3.8, 4) is 16.9 Å². The molecule has 2 aromatic heterocycles. The van der Waals surface area contributed by atoms with E-state index in [1.54, 1.807) is 6.20 Å². The van der Waals surface area contributed by atoms with Crippen LogP contribution < -0.4 is 0 Å². The second-order valence-electron chi connectivity index (χ2n) is 5.07. The summed E-state index contributed by atoms with van der Waals surface area (Å²) in [6.45, 7) is 4.04. The molecule has 0 radical (unpaired) electrons. The first-order valence-electron chi connectivity index (χ1n) is 6.84. The molecule has 3 rings (SSSR count). The number of halogens is 1. The molecule has 0 unspecified atom stereocenters. The Balaban J connectivity index is 2.37. The number of hydrogen-bond donors (Lipinski definition) is 0. The van der Waals surface area contributed by atoms with E-state index in [-0.39, 0.29) is 0 Å². The molecular formula is C17H14IN3S. The smallest absolute Gasteiger partial charge is 0.204 e. The molecule has 1 aromatic carbocycles. The Morgan fingerprint density at radius 1 is 1.14 bits per heavy atom. The van der Waals surface area contributed by atoms with E-state index in [0.29, 0.717) is 4.77 Å². The van der Waals surface area contributed by atoms with Crippen molar-refractivity contribution in [3.05, 3.63) is 68.4 Å². The first kappa shape index (κ1) is 15.3. The maximum Gasteiger partial charge on any atom is 0.204 e. The molecule has 5 heteroatoms. The van der Waals surface area contributed by atoms with Crippen LogP contribution in [0.3, 0.4) is 0 Å². The van der Waals surface area contributed by atoms with Crippen molar-refractivity contribution in [2.45, 2.75) is 13.8 Å². The van der Waals surface area contributed by atoms with Crippen LogP contribution >= 0.6 is 34.8 Å². The third-order valence-corrected chi connectivity index (χ3v) is 4.36. The molecular weight excluding hydrogens is 405 g/mol. The summed E-state index contributed by atoms with van der Waals surface area (Å²) in [6, 6.07) is 12.3. The lowest BCUT2D eigenvalue weighted by atomic mass is 10.1. The van der Waals surface area contributed by atoms with Crippen molar-refractivity contribution in [1.29, 1.82) is 0 Å². The number of benzene rings is 1. The molecule has 0 spiro atoms. The summed E-state index contributed by atoms with van der Waals surface area (Å²) in [5, 5.41) is 0. The molecule has 0 aliphatic carbocycles. The average molecular weight is 419 g/mol. The molecule has 0 bridgehead atoms. The number of aryl methyl sites for hydroxylation is 2. The average Bonchev–Trinajstić information content (AvgIpc) is 2.50. The van der Waals surface area contributed by atoms with E-state index in [9.17, 15) is 0 Å². The van der Waals surface area contributed by atoms with Gasteiger partial charge in [0, 0.05) is 27.2 Å². The predicted octanol–water partition coefficient (Wildman–Crippen LogP) is 4.89. The van der Waals surface area contributed by atoms with Gasteiger partial charge in [-0.05, 0) is 84.6 Å². The number of rotatable bonds is 2. The second kappa shape index (κ2) is 6.26. The SMILES string of the molecule is Cc1cc(-c2cccnc2)n(-c2cc(I)ccc2C)c(=S)n1. The van der Waals surface area contributed by atoms with E-state index in [0.717, 1.165) is 31.8 Å². The molecule has 0 aliphatic rings. The molecule has 22 heavy (non-hydrogen) atoms. The maximum absolute atomic E-state index is 5.54. The van der Waals surface area contributed by atoms with Gasteiger partial charge in [0.15, 0.2) is 0 Å². The summed E-state index contributed by atoms with van der Waals surface area (Å²) in [4.78, 5) is 8.69. The minimum absolute atomic E-state index is 0.559. The van der Waals surface area contributed by atoms with Gasteiger partial charge in [-0.25, -0.2) is 4.98 Å². The van der Waals surface area contributed by atoms with Crippen molar-refractivity contribution in [2.24, 2.45) is 0 Å². The molecule has 0 aliphatic heterocycles. The summed E-state index contributed by atoms with van der Waals surface area (Å²) in [7, 11) is 0. The third-order valence-electron chi connectivity index (χ3n) is 3.42. The molecule has 0 amide bonds. The van der Waals surface area contributed by atoms with Gasteiger partial charge >= 0.3 is 0 Å². The highest BCUT2D eigenvalue weighted by Gasteiger charge is 2.11. The van der Waals surface area contributed by atoms with Crippen LogP contribution in [0.2, 0.25) is 0 Å². The summed E-state index contributed by atoms with van der Waals surface area (Å²) in [5.74, 6) is 0. The maximum atomic E-state index is 5.54. The normalized spacial score (nSPS) is 10.7. The van der Waals surface area contributed by atoms with Crippen LogP contribution in [-0.4, -0.2) is 14.5 Å². The Hall–Kier alpha value is -1.60. The number of hydrogen-bond acceptors (Lipinski definition) is 3. The molecule has 0 saturated heterocycles. The first-order chi connectivity index (χ1) is 10.6. The number of pyridine rings is 1. The van der Waals surface area contributed by atoms with Crippen LogP contribution in [0.15, 0.2) is 48.8 Å². The van der Waals surface area contributed by atoms with E-state index >= 15 is 0 Å². The molecule has 0 atom stereocenters. The summed E-state index contributed by atoms with van der Waals surface area (Å²) < 4.78 is 3.75. The van der Waals surface area contributed by atoms with Gasteiger partial charge in [-0.3, -0.25) is 9.55 Å². The zero-order valence-corrected chi connectivity index (χ0v) is 15.2. The zero-order chi connectivity index (χ0) is 15.7. The molecule has 2 heterocycles. The van der Waals surface area contributed by atoms with Crippen LogP contribution in [0.5, 0.6) is 0 Å². The van der Waals surface area contributed by atoms with Gasteiger partial charge < -0.3 is 0 Å². The molecule has 3 nitrogen and oxygen atoms in total. The lowest BCUT2D eigenvalue weighted by Crippen LogP contribution is -2.07. The van der Waals surface area contributed by atoms with Crippen LogP contribution in [0.4, 0.5) is 0 Å². The van der Waals surface area contributed by atoms with Gasteiger partial charge in [-0.1, -0.05) is 6.07 Å². The van der Waals surface area contributed by atoms with Crippen LogP contribution in [0.25, 0.3) is 16.9 Å². The minimum atomic E-state index is 0.559. The summed E-state index contributed by atoms with van der Waals surface area (Å²) in [6.07, 6.45) is 3.62. The molecule has 3 aromatic rings. The van der Waals surface area contributed by atoms with Crippen LogP contribution in [0, 0.1) is 22.2 Å². The van der Waals surface area contributed by atoms with E-state index < -0.39 is 0 Å². The van der Waals surface area contributed by atoms with Gasteiger partial charge in [0.2, 0.25) is 4.77 Å². The quantitative estimate of drug-likeness (QED) is 0.438. The molecule has 110 valence electrons. The fraction of sp³-hybridized carbons (Fsp3) is 0.118. The Labute approximate surface area is 148 Å². The van der Waals surface area contributed by atoms with Crippen molar-refractivity contribution >= 4 is 34.8 Å². The first-order valence-corrected chi connectivity index (χ1v) is 8.32. The van der Waals surface area contributed by atoms with Crippen LogP contribution in [-0.2, 0) is 0 Å². The monoisotopic (exact) mass is 419 g/mol. The largest absolute Gasteiger partial charge is 0.285 e. The highest BCUT2D eigenvalue weighted by atomic mass is 127. The van der Waals surface area contributed by atoms with Gasteiger partial charge in [0.1, 0.15) is 0 Å². The van der Waals surface area contributed by atoms with E-state index in [4.69, 9.17) is 12.2 Å². The molecule has 0 saturated carbocycles. The fourth-order valence-corrected chi connectivity index (χ4v) is 3.20. The highest BCUT2D eigenvalue weighted by Crippen LogP contribution is 2.26. The predicted molar refractivity (Wildman–Crippen MR) is 99.8 cm³/mol. The Morgan fingerprint density at radius 2 is 1.95 bits per heavy atom.